The van der Waals surface area contributed by atoms with Gasteiger partial charge in [0.15, 0.2) is 0 Å². The minimum Gasteiger partial charge on any atom is -0.314 e. The van der Waals surface area contributed by atoms with Gasteiger partial charge >= 0.3 is 0 Å². The van der Waals surface area contributed by atoms with Crippen LogP contribution in [0.3, 0.4) is 0 Å². The van der Waals surface area contributed by atoms with E-state index in [2.05, 4.69) is 36.8 Å². The molecule has 1 N–H and O–H groups in total. The van der Waals surface area contributed by atoms with Crippen LogP contribution >= 0.6 is 15.9 Å². The lowest BCUT2D eigenvalue weighted by Crippen LogP contribution is -2.23. The van der Waals surface area contributed by atoms with Gasteiger partial charge in [0, 0.05) is 29.3 Å². The molecule has 1 aliphatic heterocycles. The second-order valence-electron chi connectivity index (χ2n) is 4.34. The summed E-state index contributed by atoms with van der Waals surface area (Å²) in [6, 6.07) is 4.70. The Morgan fingerprint density at radius 3 is 3.31 bits per heavy atom. The Bertz CT molecular complexity index is 500. The third-order valence-corrected chi connectivity index (χ3v) is 3.58. The van der Waals surface area contributed by atoms with Gasteiger partial charge in [-0.05, 0) is 31.5 Å². The molecule has 0 spiro atoms. The summed E-state index contributed by atoms with van der Waals surface area (Å²) in [5.74, 6) is 0. The molecule has 1 aliphatic rings. The molecular weight excluding hydrogens is 266 g/mol. The molecule has 1 unspecified atom stereocenters. The molecule has 1 fully saturated rings. The lowest BCUT2D eigenvalue weighted by molar-refractivity contribution is 0.597. The van der Waals surface area contributed by atoms with Crippen LogP contribution in [0.4, 0.5) is 0 Å². The fourth-order valence-electron chi connectivity index (χ4n) is 2.29. The zero-order chi connectivity index (χ0) is 11.0. The van der Waals surface area contributed by atoms with Crippen LogP contribution in [0.2, 0.25) is 0 Å². The van der Waals surface area contributed by atoms with Crippen molar-refractivity contribution in [2.75, 3.05) is 6.54 Å². The molecule has 2 aromatic heterocycles. The van der Waals surface area contributed by atoms with Crippen LogP contribution in [0.15, 0.2) is 29.0 Å². The van der Waals surface area contributed by atoms with Crippen molar-refractivity contribution in [3.05, 3.63) is 34.7 Å². The fourth-order valence-corrected chi connectivity index (χ4v) is 2.61. The normalized spacial score (nSPS) is 20.7. The number of aromatic nitrogens is 2. The Morgan fingerprint density at radius 1 is 1.56 bits per heavy atom. The van der Waals surface area contributed by atoms with Crippen molar-refractivity contribution in [2.24, 2.45) is 0 Å². The first kappa shape index (κ1) is 10.3. The topological polar surface area (TPSA) is 29.3 Å². The van der Waals surface area contributed by atoms with E-state index in [4.69, 9.17) is 0 Å². The first-order chi connectivity index (χ1) is 7.81. The van der Waals surface area contributed by atoms with Crippen molar-refractivity contribution in [3.8, 4) is 0 Å². The van der Waals surface area contributed by atoms with E-state index >= 15 is 0 Å². The number of fused-ring (bicyclic) bond motifs is 1. The highest BCUT2D eigenvalue weighted by molar-refractivity contribution is 9.10. The number of imidazole rings is 1. The van der Waals surface area contributed by atoms with Gasteiger partial charge in [0.05, 0.1) is 5.69 Å². The maximum atomic E-state index is 4.63. The first-order valence-electron chi connectivity index (χ1n) is 5.68. The molecule has 0 bridgehead atoms. The number of nitrogens with zero attached hydrogens (tertiary/aromatic N) is 2. The molecule has 0 aliphatic carbocycles. The Balaban J connectivity index is 1.86. The molecule has 3 heterocycles. The van der Waals surface area contributed by atoms with Crippen LogP contribution in [-0.2, 0) is 6.42 Å². The summed E-state index contributed by atoms with van der Waals surface area (Å²) in [6.45, 7) is 1.16. The predicted octanol–water partition coefficient (Wildman–Crippen LogP) is 2.39. The van der Waals surface area contributed by atoms with Crippen molar-refractivity contribution in [1.82, 2.24) is 14.7 Å². The molecular formula is C12H14BrN3. The molecule has 0 saturated carbocycles. The lowest BCUT2D eigenvalue weighted by Gasteiger charge is -2.06. The molecule has 84 valence electrons. The molecule has 1 saturated heterocycles. The number of hydrogen-bond acceptors (Lipinski definition) is 2. The van der Waals surface area contributed by atoms with Crippen molar-refractivity contribution >= 4 is 21.6 Å². The fraction of sp³-hybridized carbons (Fsp3) is 0.417. The molecule has 2 aromatic rings. The van der Waals surface area contributed by atoms with E-state index in [-0.39, 0.29) is 0 Å². The highest BCUT2D eigenvalue weighted by Gasteiger charge is 2.15. The highest BCUT2D eigenvalue weighted by atomic mass is 79.9. The van der Waals surface area contributed by atoms with Gasteiger partial charge in [-0.15, -0.1) is 0 Å². The maximum Gasteiger partial charge on any atom is 0.138 e. The van der Waals surface area contributed by atoms with Crippen LogP contribution < -0.4 is 5.32 Å². The summed E-state index contributed by atoms with van der Waals surface area (Å²) in [5.41, 5.74) is 2.19. The first-order valence-corrected chi connectivity index (χ1v) is 6.47. The Labute approximate surface area is 103 Å². The molecule has 1 atom stereocenters. The summed E-state index contributed by atoms with van der Waals surface area (Å²) in [6.07, 6.45) is 7.78. The average Bonchev–Trinajstić information content (AvgIpc) is 2.86. The molecule has 3 nitrogen and oxygen atoms in total. The van der Waals surface area contributed by atoms with E-state index in [0.717, 1.165) is 23.1 Å². The van der Waals surface area contributed by atoms with Gasteiger partial charge < -0.3 is 9.72 Å². The number of nitrogens with one attached hydrogen (secondary N) is 1. The molecule has 0 aromatic carbocycles. The van der Waals surface area contributed by atoms with Crippen LogP contribution in [0, 0.1) is 0 Å². The van der Waals surface area contributed by atoms with Gasteiger partial charge in [0.1, 0.15) is 5.65 Å². The minimum absolute atomic E-state index is 0.619. The van der Waals surface area contributed by atoms with Gasteiger partial charge in [-0.2, -0.15) is 0 Å². The maximum absolute atomic E-state index is 4.63. The smallest absolute Gasteiger partial charge is 0.138 e. The second kappa shape index (κ2) is 4.18. The van der Waals surface area contributed by atoms with Gasteiger partial charge in [-0.3, -0.25) is 0 Å². The summed E-state index contributed by atoms with van der Waals surface area (Å²) in [5, 5.41) is 3.50. The predicted molar refractivity (Wildman–Crippen MR) is 67.6 cm³/mol. The molecule has 4 heteroatoms. The Morgan fingerprint density at radius 2 is 2.50 bits per heavy atom. The largest absolute Gasteiger partial charge is 0.314 e. The monoisotopic (exact) mass is 279 g/mol. The van der Waals surface area contributed by atoms with E-state index in [0.29, 0.717) is 6.04 Å². The molecule has 16 heavy (non-hydrogen) atoms. The van der Waals surface area contributed by atoms with Gasteiger partial charge in [0.25, 0.3) is 0 Å². The summed E-state index contributed by atoms with van der Waals surface area (Å²) < 4.78 is 3.16. The van der Waals surface area contributed by atoms with Gasteiger partial charge in [-0.25, -0.2) is 4.98 Å². The lowest BCUT2D eigenvalue weighted by atomic mass is 10.1. The standard InChI is InChI=1S/C12H14BrN3/c13-9-3-5-16-8-11(15-12(16)6-9)7-10-2-1-4-14-10/h3,5-6,8,10,14H,1-2,4,7H2. The van der Waals surface area contributed by atoms with Crippen molar-refractivity contribution in [2.45, 2.75) is 25.3 Å². The van der Waals surface area contributed by atoms with Crippen LogP contribution in [0.1, 0.15) is 18.5 Å². The van der Waals surface area contributed by atoms with E-state index < -0.39 is 0 Å². The molecule has 0 radical (unpaired) electrons. The highest BCUT2D eigenvalue weighted by Crippen LogP contribution is 2.15. The van der Waals surface area contributed by atoms with Crippen molar-refractivity contribution < 1.29 is 0 Å². The summed E-state index contributed by atoms with van der Waals surface area (Å²) in [4.78, 5) is 4.63. The minimum atomic E-state index is 0.619. The van der Waals surface area contributed by atoms with Crippen LogP contribution in [0.5, 0.6) is 0 Å². The van der Waals surface area contributed by atoms with Crippen LogP contribution in [0.25, 0.3) is 5.65 Å². The van der Waals surface area contributed by atoms with Gasteiger partial charge in [-0.1, -0.05) is 15.9 Å². The number of halogens is 1. The van der Waals surface area contributed by atoms with Gasteiger partial charge in [0.2, 0.25) is 0 Å². The third-order valence-electron chi connectivity index (χ3n) is 3.09. The second-order valence-corrected chi connectivity index (χ2v) is 5.26. The quantitative estimate of drug-likeness (QED) is 0.915. The zero-order valence-corrected chi connectivity index (χ0v) is 10.6. The van der Waals surface area contributed by atoms with E-state index in [1.807, 2.05) is 18.3 Å². The van der Waals surface area contributed by atoms with E-state index in [1.54, 1.807) is 0 Å². The van der Waals surface area contributed by atoms with Crippen LogP contribution in [-0.4, -0.2) is 22.0 Å². The van der Waals surface area contributed by atoms with E-state index in [9.17, 15) is 0 Å². The zero-order valence-electron chi connectivity index (χ0n) is 8.99. The van der Waals surface area contributed by atoms with Crippen molar-refractivity contribution in [3.63, 3.8) is 0 Å². The summed E-state index contributed by atoms with van der Waals surface area (Å²) >= 11 is 3.46. The van der Waals surface area contributed by atoms with E-state index in [1.165, 1.54) is 18.5 Å². The SMILES string of the molecule is Brc1ccn2cc(CC3CCCN3)nc2c1. The Hall–Kier alpha value is -0.870. The number of pyridine rings is 1. The summed E-state index contributed by atoms with van der Waals surface area (Å²) in [7, 11) is 0. The third kappa shape index (κ3) is 1.99. The molecule has 3 rings (SSSR count). The number of hydrogen-bond donors (Lipinski definition) is 1. The molecule has 0 amide bonds. The average molecular weight is 280 g/mol. The Kier molecular flexibility index (Phi) is 2.69. The van der Waals surface area contributed by atoms with Crippen molar-refractivity contribution in [1.29, 1.82) is 0 Å². The number of rotatable bonds is 2.